The number of aromatic nitrogens is 1. The molecule has 1 atom stereocenters. The molecule has 0 bridgehead atoms. The molecule has 3 heterocycles. The van der Waals surface area contributed by atoms with E-state index in [-0.39, 0.29) is 17.9 Å². The second-order valence-electron chi connectivity index (χ2n) is 6.75. The van der Waals surface area contributed by atoms with Crippen molar-refractivity contribution in [3.63, 3.8) is 0 Å². The molecule has 3 aromatic rings. The summed E-state index contributed by atoms with van der Waals surface area (Å²) < 4.78 is 6.26. The van der Waals surface area contributed by atoms with E-state index >= 15 is 0 Å². The number of aliphatic hydroxyl groups is 1. The first-order valence-electron chi connectivity index (χ1n) is 8.94. The first-order chi connectivity index (χ1) is 14.0. The van der Waals surface area contributed by atoms with Gasteiger partial charge in [0.1, 0.15) is 11.5 Å². The van der Waals surface area contributed by atoms with E-state index in [9.17, 15) is 14.7 Å². The summed E-state index contributed by atoms with van der Waals surface area (Å²) in [5, 5.41) is 11.0. The van der Waals surface area contributed by atoms with Gasteiger partial charge in [-0.3, -0.25) is 14.6 Å². The van der Waals surface area contributed by atoms with Crippen molar-refractivity contribution >= 4 is 33.4 Å². The smallest absolute Gasteiger partial charge is 0.296 e. The molecule has 1 N–H and O–H groups in total. The van der Waals surface area contributed by atoms with Gasteiger partial charge in [0.05, 0.1) is 24.4 Å². The fourth-order valence-corrected chi connectivity index (χ4v) is 3.70. The summed E-state index contributed by atoms with van der Waals surface area (Å²) in [5.74, 6) is -1.07. The maximum absolute atomic E-state index is 12.9. The van der Waals surface area contributed by atoms with Crippen LogP contribution in [0, 0.1) is 6.92 Å². The lowest BCUT2D eigenvalue weighted by atomic mass is 9.95. The Labute approximate surface area is 175 Å². The quantitative estimate of drug-likeness (QED) is 0.361. The molecule has 2 aromatic heterocycles. The third-order valence-electron chi connectivity index (χ3n) is 4.90. The number of hydrogen-bond acceptors (Lipinski definition) is 5. The first-order valence-corrected chi connectivity index (χ1v) is 9.74. The second-order valence-corrected chi connectivity index (χ2v) is 7.61. The van der Waals surface area contributed by atoms with Crippen LogP contribution in [0.1, 0.15) is 28.5 Å². The van der Waals surface area contributed by atoms with E-state index in [4.69, 9.17) is 4.42 Å². The van der Waals surface area contributed by atoms with E-state index in [1.54, 1.807) is 54.9 Å². The molecule has 0 saturated carbocycles. The van der Waals surface area contributed by atoms with Gasteiger partial charge in [0.25, 0.3) is 11.7 Å². The summed E-state index contributed by atoms with van der Waals surface area (Å²) in [7, 11) is 0. The SMILES string of the molecule is Cc1cc(/C(O)=C2/C(=O)C(=O)N(Cc3ccco3)C2c2ccncc2)ccc1Br. The number of aliphatic hydroxyl groups excluding tert-OH is 1. The standard InChI is InChI=1S/C22H17BrN2O4/c1-13-11-15(4-5-17(13)23)20(26)18-19(14-6-8-24-9-7-14)25(22(28)21(18)27)12-16-3-2-10-29-16/h2-11,19,26H,12H2,1H3/b20-18-. The maximum Gasteiger partial charge on any atom is 0.296 e. The van der Waals surface area contributed by atoms with Crippen molar-refractivity contribution in [2.24, 2.45) is 0 Å². The normalized spacial score (nSPS) is 18.4. The lowest BCUT2D eigenvalue weighted by molar-refractivity contribution is -0.140. The molecule has 1 aliphatic heterocycles. The fourth-order valence-electron chi connectivity index (χ4n) is 3.45. The highest BCUT2D eigenvalue weighted by atomic mass is 79.9. The molecule has 1 amide bonds. The molecule has 146 valence electrons. The number of likely N-dealkylation sites (tertiary alicyclic amines) is 1. The number of furan rings is 1. The lowest BCUT2D eigenvalue weighted by Gasteiger charge is -2.24. The molecule has 0 spiro atoms. The first kappa shape index (κ1) is 19.1. The average molecular weight is 453 g/mol. The Hall–Kier alpha value is -3.19. The molecule has 1 fully saturated rings. The number of amides is 1. The topological polar surface area (TPSA) is 83.6 Å². The number of carbonyl (C=O) groups excluding carboxylic acids is 2. The van der Waals surface area contributed by atoms with Crippen LogP contribution in [0.2, 0.25) is 0 Å². The Morgan fingerprint density at radius 1 is 1.21 bits per heavy atom. The number of carbonyl (C=O) groups is 2. The van der Waals surface area contributed by atoms with E-state index in [2.05, 4.69) is 20.9 Å². The van der Waals surface area contributed by atoms with Crippen molar-refractivity contribution in [3.8, 4) is 0 Å². The molecule has 29 heavy (non-hydrogen) atoms. The predicted octanol–water partition coefficient (Wildman–Crippen LogP) is 4.37. The van der Waals surface area contributed by atoms with Crippen LogP contribution in [0.4, 0.5) is 0 Å². The summed E-state index contributed by atoms with van der Waals surface area (Å²) in [4.78, 5) is 31.2. The summed E-state index contributed by atoms with van der Waals surface area (Å²) in [6.07, 6.45) is 4.69. The highest BCUT2D eigenvalue weighted by Crippen LogP contribution is 2.40. The van der Waals surface area contributed by atoms with Gasteiger partial charge < -0.3 is 14.4 Å². The molecule has 7 heteroatoms. The van der Waals surface area contributed by atoms with Gasteiger partial charge in [0, 0.05) is 22.4 Å². The Morgan fingerprint density at radius 3 is 2.62 bits per heavy atom. The minimum absolute atomic E-state index is 0.0504. The molecular formula is C22H17BrN2O4. The molecule has 1 aromatic carbocycles. The summed E-state index contributed by atoms with van der Waals surface area (Å²) in [5.41, 5.74) is 2.11. The van der Waals surface area contributed by atoms with Gasteiger partial charge in [0.2, 0.25) is 0 Å². The average Bonchev–Trinajstić information content (AvgIpc) is 3.32. The number of rotatable bonds is 4. The Bertz CT molecular complexity index is 1110. The van der Waals surface area contributed by atoms with Gasteiger partial charge in [-0.05, 0) is 54.4 Å². The second kappa shape index (κ2) is 7.67. The maximum atomic E-state index is 12.9. The molecule has 0 radical (unpaired) electrons. The van der Waals surface area contributed by atoms with Gasteiger partial charge in [-0.25, -0.2) is 0 Å². The van der Waals surface area contributed by atoms with Gasteiger partial charge in [0.15, 0.2) is 0 Å². The Balaban J connectivity index is 1.87. The highest BCUT2D eigenvalue weighted by molar-refractivity contribution is 9.10. The van der Waals surface area contributed by atoms with Crippen molar-refractivity contribution in [3.05, 3.63) is 93.6 Å². The van der Waals surface area contributed by atoms with Crippen LogP contribution in [0.25, 0.3) is 5.76 Å². The molecule has 6 nitrogen and oxygen atoms in total. The van der Waals surface area contributed by atoms with Gasteiger partial charge in [-0.1, -0.05) is 22.0 Å². The minimum atomic E-state index is -0.743. The Morgan fingerprint density at radius 2 is 1.97 bits per heavy atom. The minimum Gasteiger partial charge on any atom is -0.507 e. The zero-order valence-corrected chi connectivity index (χ0v) is 17.1. The van der Waals surface area contributed by atoms with Crippen LogP contribution in [0.5, 0.6) is 0 Å². The predicted molar refractivity (Wildman–Crippen MR) is 110 cm³/mol. The van der Waals surface area contributed by atoms with E-state index in [1.807, 2.05) is 6.92 Å². The molecular weight excluding hydrogens is 436 g/mol. The van der Waals surface area contributed by atoms with Crippen molar-refractivity contribution in [2.45, 2.75) is 19.5 Å². The van der Waals surface area contributed by atoms with E-state index in [0.29, 0.717) is 16.9 Å². The number of benzene rings is 1. The van der Waals surface area contributed by atoms with Crippen LogP contribution in [-0.4, -0.2) is 26.7 Å². The number of aryl methyl sites for hydroxylation is 1. The third kappa shape index (κ3) is 3.49. The van der Waals surface area contributed by atoms with Crippen LogP contribution in [0.3, 0.4) is 0 Å². The third-order valence-corrected chi connectivity index (χ3v) is 5.79. The number of ketones is 1. The molecule has 1 aliphatic rings. The van der Waals surface area contributed by atoms with Crippen molar-refractivity contribution < 1.29 is 19.1 Å². The fraction of sp³-hybridized carbons (Fsp3) is 0.136. The lowest BCUT2D eigenvalue weighted by Crippen LogP contribution is -2.29. The van der Waals surface area contributed by atoms with E-state index < -0.39 is 17.7 Å². The zero-order chi connectivity index (χ0) is 20.5. The van der Waals surface area contributed by atoms with Crippen LogP contribution in [0.15, 0.2) is 75.6 Å². The van der Waals surface area contributed by atoms with Crippen LogP contribution >= 0.6 is 15.9 Å². The summed E-state index contributed by atoms with van der Waals surface area (Å²) in [6.45, 7) is 2.00. The molecule has 1 saturated heterocycles. The zero-order valence-electron chi connectivity index (χ0n) is 15.5. The largest absolute Gasteiger partial charge is 0.507 e. The van der Waals surface area contributed by atoms with Crippen LogP contribution < -0.4 is 0 Å². The number of pyridine rings is 1. The highest BCUT2D eigenvalue weighted by Gasteiger charge is 2.46. The van der Waals surface area contributed by atoms with Crippen molar-refractivity contribution in [2.75, 3.05) is 0 Å². The van der Waals surface area contributed by atoms with Gasteiger partial charge >= 0.3 is 0 Å². The van der Waals surface area contributed by atoms with E-state index in [0.717, 1.165) is 10.0 Å². The summed E-state index contributed by atoms with van der Waals surface area (Å²) >= 11 is 3.43. The number of halogens is 1. The van der Waals surface area contributed by atoms with Gasteiger partial charge in [-0.15, -0.1) is 0 Å². The van der Waals surface area contributed by atoms with Crippen molar-refractivity contribution in [1.29, 1.82) is 0 Å². The summed E-state index contributed by atoms with van der Waals surface area (Å²) in [6, 6.07) is 11.4. The van der Waals surface area contributed by atoms with Gasteiger partial charge in [-0.2, -0.15) is 0 Å². The van der Waals surface area contributed by atoms with E-state index in [1.165, 1.54) is 11.2 Å². The molecule has 0 aliphatic carbocycles. The van der Waals surface area contributed by atoms with Crippen LogP contribution in [-0.2, 0) is 16.1 Å². The number of nitrogens with zero attached hydrogens (tertiary/aromatic N) is 2. The molecule has 4 rings (SSSR count). The van der Waals surface area contributed by atoms with Crippen molar-refractivity contribution in [1.82, 2.24) is 9.88 Å². The monoisotopic (exact) mass is 452 g/mol. The number of Topliss-reactive ketones (excluding diaryl/α,β-unsaturated/α-hetero) is 1. The number of hydrogen-bond donors (Lipinski definition) is 1. The Kier molecular flexibility index (Phi) is 5.07. The molecule has 1 unspecified atom stereocenters.